The van der Waals surface area contributed by atoms with Gasteiger partial charge in [-0.1, -0.05) is 0 Å². The molecule has 4 heterocycles. The zero-order chi connectivity index (χ0) is 15.1. The second kappa shape index (κ2) is 3.69. The number of aliphatic hydroxyl groups is 1. The van der Waals surface area contributed by atoms with Gasteiger partial charge >= 0.3 is 0 Å². The van der Waals surface area contributed by atoms with Gasteiger partial charge in [-0.25, -0.2) is 9.67 Å². The zero-order valence-electron chi connectivity index (χ0n) is 12.1. The summed E-state index contributed by atoms with van der Waals surface area (Å²) in [5, 5.41) is 16.9. The number of hydrogen-bond acceptors (Lipinski definition) is 6. The van der Waals surface area contributed by atoms with E-state index in [1.54, 1.807) is 11.0 Å². The van der Waals surface area contributed by atoms with Crippen LogP contribution < -0.4 is 5.32 Å². The molecule has 1 amide bonds. The van der Waals surface area contributed by atoms with Gasteiger partial charge in [0, 0.05) is 12.8 Å². The molecule has 3 aliphatic heterocycles. The summed E-state index contributed by atoms with van der Waals surface area (Å²) in [6.07, 6.45) is 5.89. The van der Waals surface area contributed by atoms with Gasteiger partial charge < -0.3 is 19.9 Å². The lowest BCUT2D eigenvalue weighted by Crippen LogP contribution is -2.73. The Bertz CT molecular complexity index is 629. The van der Waals surface area contributed by atoms with Crippen LogP contribution in [0.4, 0.5) is 0 Å². The Morgan fingerprint density at radius 2 is 2.14 bits per heavy atom. The summed E-state index contributed by atoms with van der Waals surface area (Å²) in [6, 6.07) is 0. The maximum atomic E-state index is 12.9. The number of nitrogens with zero attached hydrogens (tertiary/aromatic N) is 3. The van der Waals surface area contributed by atoms with Gasteiger partial charge in [-0.3, -0.25) is 4.79 Å². The highest BCUT2D eigenvalue weighted by molar-refractivity contribution is 5.88. The number of hydrogen-bond donors (Lipinski definition) is 2. The third kappa shape index (κ3) is 1.32. The third-order valence-corrected chi connectivity index (χ3v) is 5.85. The molecule has 3 saturated heterocycles. The van der Waals surface area contributed by atoms with Crippen molar-refractivity contribution in [3.8, 4) is 0 Å². The summed E-state index contributed by atoms with van der Waals surface area (Å²) in [7, 11) is 0. The minimum absolute atomic E-state index is 0.0133. The molecule has 1 spiro atoms. The molecule has 0 unspecified atom stereocenters. The number of carbonyl (C=O) groups excluding carboxylic acids is 1. The third-order valence-electron chi connectivity index (χ3n) is 5.85. The van der Waals surface area contributed by atoms with Crippen molar-refractivity contribution in [1.82, 2.24) is 20.1 Å². The van der Waals surface area contributed by atoms with Crippen LogP contribution in [0.25, 0.3) is 0 Å². The largest absolute Gasteiger partial charge is 0.393 e. The number of aliphatic hydroxyl groups excluding tert-OH is 1. The molecule has 0 aromatic carbocycles. The molecule has 118 valence electrons. The predicted octanol–water partition coefficient (Wildman–Crippen LogP) is -1.05. The first kappa shape index (κ1) is 13.0. The molecule has 5 fully saturated rings. The molecule has 0 atom stereocenters. The SMILES string of the molecule is O=C(NC12CC(CO)(C1)OC21COC1)C1(n2cncn2)CC1. The molecule has 22 heavy (non-hydrogen) atoms. The topological polar surface area (TPSA) is 98.5 Å². The number of amides is 1. The average Bonchev–Trinajstić information content (AvgIpc) is 2.85. The normalized spacial score (nSPS) is 39.1. The molecule has 1 aromatic rings. The van der Waals surface area contributed by atoms with Crippen molar-refractivity contribution in [1.29, 1.82) is 0 Å². The molecule has 5 aliphatic rings. The standard InChI is InChI=1S/C14H18N4O4/c19-5-11-3-13(4-11,14(22-11)6-21-7-14)17-10(20)12(1-2-12)18-9-15-8-16-18/h8-9,19H,1-7H2,(H,17,20). The highest BCUT2D eigenvalue weighted by Crippen LogP contribution is 2.63. The van der Waals surface area contributed by atoms with Crippen LogP contribution >= 0.6 is 0 Å². The molecule has 2 saturated carbocycles. The van der Waals surface area contributed by atoms with Gasteiger partial charge in [0.05, 0.1) is 31.0 Å². The van der Waals surface area contributed by atoms with E-state index in [0.29, 0.717) is 26.1 Å². The average molecular weight is 306 g/mol. The van der Waals surface area contributed by atoms with E-state index in [-0.39, 0.29) is 12.5 Å². The second-order valence-corrected chi connectivity index (χ2v) is 7.19. The van der Waals surface area contributed by atoms with Gasteiger partial charge in [-0.05, 0) is 12.8 Å². The summed E-state index contributed by atoms with van der Waals surface area (Å²) in [6.45, 7) is 0.942. The van der Waals surface area contributed by atoms with Crippen LogP contribution in [-0.4, -0.2) is 62.3 Å². The molecule has 2 aliphatic carbocycles. The van der Waals surface area contributed by atoms with E-state index in [4.69, 9.17) is 9.47 Å². The predicted molar refractivity (Wildman–Crippen MR) is 71.8 cm³/mol. The molecule has 8 nitrogen and oxygen atoms in total. The van der Waals surface area contributed by atoms with Crippen LogP contribution in [0.5, 0.6) is 0 Å². The first-order chi connectivity index (χ1) is 10.6. The Labute approximate surface area is 126 Å². The summed E-state index contributed by atoms with van der Waals surface area (Å²) in [5.74, 6) is -0.0266. The van der Waals surface area contributed by atoms with Crippen LogP contribution in [0.3, 0.4) is 0 Å². The van der Waals surface area contributed by atoms with Gasteiger partial charge in [0.25, 0.3) is 0 Å². The Hall–Kier alpha value is -1.51. The quantitative estimate of drug-likeness (QED) is 0.736. The van der Waals surface area contributed by atoms with Crippen molar-refractivity contribution in [3.63, 3.8) is 0 Å². The van der Waals surface area contributed by atoms with Crippen LogP contribution in [0, 0.1) is 0 Å². The van der Waals surface area contributed by atoms with Crippen LogP contribution in [0.15, 0.2) is 12.7 Å². The molecular formula is C14H18N4O4. The van der Waals surface area contributed by atoms with Gasteiger partial charge in [0.1, 0.15) is 23.8 Å². The second-order valence-electron chi connectivity index (χ2n) is 7.19. The van der Waals surface area contributed by atoms with Crippen molar-refractivity contribution in [2.75, 3.05) is 19.8 Å². The first-order valence-electron chi connectivity index (χ1n) is 7.64. The van der Waals surface area contributed by atoms with Gasteiger partial charge in [-0.2, -0.15) is 5.10 Å². The zero-order valence-corrected chi connectivity index (χ0v) is 12.1. The summed E-state index contributed by atoms with van der Waals surface area (Å²) < 4.78 is 13.1. The molecule has 8 heteroatoms. The lowest BCUT2D eigenvalue weighted by atomic mass is 9.61. The number of aromatic nitrogens is 3. The van der Waals surface area contributed by atoms with E-state index >= 15 is 0 Å². The Morgan fingerprint density at radius 3 is 2.64 bits per heavy atom. The van der Waals surface area contributed by atoms with Crippen molar-refractivity contribution in [3.05, 3.63) is 12.7 Å². The number of rotatable bonds is 4. The van der Waals surface area contributed by atoms with Gasteiger partial charge in [0.2, 0.25) is 5.91 Å². The van der Waals surface area contributed by atoms with Gasteiger partial charge in [0.15, 0.2) is 0 Å². The fourth-order valence-corrected chi connectivity index (χ4v) is 4.37. The van der Waals surface area contributed by atoms with Crippen molar-refractivity contribution >= 4 is 5.91 Å². The molecule has 6 rings (SSSR count). The first-order valence-corrected chi connectivity index (χ1v) is 7.64. The highest BCUT2D eigenvalue weighted by atomic mass is 16.6. The minimum atomic E-state index is -0.600. The fourth-order valence-electron chi connectivity index (χ4n) is 4.37. The van der Waals surface area contributed by atoms with E-state index in [0.717, 1.165) is 12.8 Å². The van der Waals surface area contributed by atoms with Crippen molar-refractivity contribution in [2.24, 2.45) is 0 Å². The minimum Gasteiger partial charge on any atom is -0.393 e. The molecule has 0 radical (unpaired) electrons. The monoisotopic (exact) mass is 306 g/mol. The van der Waals surface area contributed by atoms with E-state index in [1.807, 2.05) is 0 Å². The summed E-state index contributed by atoms with van der Waals surface area (Å²) >= 11 is 0. The Morgan fingerprint density at radius 1 is 1.36 bits per heavy atom. The fraction of sp³-hybridized carbons (Fsp3) is 0.786. The molecule has 2 bridgehead atoms. The number of nitrogens with one attached hydrogen (secondary N) is 1. The summed E-state index contributed by atoms with van der Waals surface area (Å²) in [4.78, 5) is 16.8. The number of carbonyl (C=O) groups is 1. The lowest BCUT2D eigenvalue weighted by Gasteiger charge is -2.51. The Kier molecular flexibility index (Phi) is 2.18. The lowest BCUT2D eigenvalue weighted by molar-refractivity contribution is -0.212. The molecule has 2 N–H and O–H groups in total. The van der Waals surface area contributed by atoms with E-state index in [1.165, 1.54) is 6.33 Å². The van der Waals surface area contributed by atoms with E-state index in [9.17, 15) is 9.90 Å². The molecular weight excluding hydrogens is 288 g/mol. The number of ether oxygens (including phenoxy) is 2. The van der Waals surface area contributed by atoms with Crippen molar-refractivity contribution < 1.29 is 19.4 Å². The van der Waals surface area contributed by atoms with Gasteiger partial charge in [-0.15, -0.1) is 0 Å². The highest BCUT2D eigenvalue weighted by Gasteiger charge is 2.78. The Balaban J connectivity index is 1.41. The smallest absolute Gasteiger partial charge is 0.248 e. The summed E-state index contributed by atoms with van der Waals surface area (Å²) in [5.41, 5.74) is -1.98. The molecule has 1 aromatic heterocycles. The maximum absolute atomic E-state index is 12.9. The van der Waals surface area contributed by atoms with Crippen molar-refractivity contribution in [2.45, 2.75) is 48.0 Å². The van der Waals surface area contributed by atoms with E-state index < -0.39 is 22.3 Å². The van der Waals surface area contributed by atoms with Crippen LogP contribution in [0.1, 0.15) is 25.7 Å². The van der Waals surface area contributed by atoms with Crippen LogP contribution in [0.2, 0.25) is 0 Å². The van der Waals surface area contributed by atoms with E-state index in [2.05, 4.69) is 15.4 Å². The maximum Gasteiger partial charge on any atom is 0.248 e. The van der Waals surface area contributed by atoms with Crippen LogP contribution in [-0.2, 0) is 19.8 Å².